The molecular formula is C14H16ClN3. The second-order valence-corrected chi connectivity index (χ2v) is 4.49. The average Bonchev–Trinajstić information content (AvgIpc) is 2.36. The maximum atomic E-state index is 5.95. The van der Waals surface area contributed by atoms with E-state index in [1.165, 1.54) is 5.69 Å². The Morgan fingerprint density at radius 3 is 2.50 bits per heavy atom. The normalized spacial score (nSPS) is 10.4. The van der Waals surface area contributed by atoms with Crippen molar-refractivity contribution in [2.75, 3.05) is 11.4 Å². The van der Waals surface area contributed by atoms with Crippen LogP contribution in [-0.4, -0.2) is 16.5 Å². The Bertz CT molecular complexity index is 493. The van der Waals surface area contributed by atoms with Crippen LogP contribution in [0.25, 0.3) is 0 Å². The first-order valence-corrected chi connectivity index (χ1v) is 6.37. The van der Waals surface area contributed by atoms with Crippen LogP contribution in [0.1, 0.15) is 18.4 Å². The molecule has 0 atom stereocenters. The summed E-state index contributed by atoms with van der Waals surface area (Å²) in [5.74, 6) is 0.755. The molecule has 0 aliphatic carbocycles. The van der Waals surface area contributed by atoms with E-state index in [4.69, 9.17) is 11.6 Å². The Morgan fingerprint density at radius 1 is 1.17 bits per heavy atom. The molecule has 0 fully saturated rings. The van der Waals surface area contributed by atoms with Crippen molar-refractivity contribution in [1.29, 1.82) is 0 Å². The van der Waals surface area contributed by atoms with Crippen molar-refractivity contribution in [3.8, 4) is 0 Å². The lowest BCUT2D eigenvalue weighted by Crippen LogP contribution is -2.23. The molecule has 4 heteroatoms. The van der Waals surface area contributed by atoms with Crippen molar-refractivity contribution in [3.05, 3.63) is 53.1 Å². The Hall–Kier alpha value is -1.61. The van der Waals surface area contributed by atoms with Gasteiger partial charge in [-0.25, -0.2) is 9.97 Å². The van der Waals surface area contributed by atoms with Crippen LogP contribution in [0.15, 0.2) is 36.4 Å². The molecule has 0 saturated heterocycles. The molecule has 18 heavy (non-hydrogen) atoms. The number of anilines is 1. The van der Waals surface area contributed by atoms with Crippen LogP contribution in [0.5, 0.6) is 0 Å². The summed E-state index contributed by atoms with van der Waals surface area (Å²) in [5, 5.41) is 0.501. The molecule has 3 nitrogen and oxygen atoms in total. The van der Waals surface area contributed by atoms with Gasteiger partial charge >= 0.3 is 0 Å². The van der Waals surface area contributed by atoms with Crippen molar-refractivity contribution < 1.29 is 0 Å². The number of rotatable bonds is 4. The van der Waals surface area contributed by atoms with Gasteiger partial charge in [0, 0.05) is 17.9 Å². The topological polar surface area (TPSA) is 29.0 Å². The summed E-state index contributed by atoms with van der Waals surface area (Å²) in [6, 6.07) is 12.0. The van der Waals surface area contributed by atoms with Crippen molar-refractivity contribution >= 4 is 17.3 Å². The zero-order valence-corrected chi connectivity index (χ0v) is 11.4. The third-order valence-corrected chi connectivity index (χ3v) is 2.90. The van der Waals surface area contributed by atoms with Gasteiger partial charge in [0.25, 0.3) is 0 Å². The molecule has 0 saturated carbocycles. The van der Waals surface area contributed by atoms with E-state index in [1.807, 2.05) is 25.1 Å². The fourth-order valence-electron chi connectivity index (χ4n) is 1.85. The number of benzene rings is 1. The van der Waals surface area contributed by atoms with Gasteiger partial charge in [0.05, 0.1) is 6.54 Å². The minimum Gasteiger partial charge on any atom is -0.364 e. The van der Waals surface area contributed by atoms with Crippen molar-refractivity contribution in [1.82, 2.24) is 9.97 Å². The summed E-state index contributed by atoms with van der Waals surface area (Å²) in [5.41, 5.74) is 2.07. The third kappa shape index (κ3) is 3.20. The van der Waals surface area contributed by atoms with Crippen molar-refractivity contribution in [2.45, 2.75) is 20.4 Å². The molecule has 0 N–H and O–H groups in total. The first-order chi connectivity index (χ1) is 8.69. The molecule has 0 unspecified atom stereocenters. The maximum Gasteiger partial charge on any atom is 0.149 e. The second kappa shape index (κ2) is 5.83. The summed E-state index contributed by atoms with van der Waals surface area (Å²) >= 11 is 5.95. The largest absolute Gasteiger partial charge is 0.364 e. The first kappa shape index (κ1) is 12.8. The zero-order valence-electron chi connectivity index (χ0n) is 10.6. The van der Waals surface area contributed by atoms with Crippen molar-refractivity contribution in [2.24, 2.45) is 0 Å². The summed E-state index contributed by atoms with van der Waals surface area (Å²) in [4.78, 5) is 10.9. The van der Waals surface area contributed by atoms with Gasteiger partial charge in [-0.3, -0.25) is 0 Å². The Balaban J connectivity index is 2.20. The Labute approximate surface area is 112 Å². The number of nitrogens with zero attached hydrogens (tertiary/aromatic N) is 3. The molecule has 2 rings (SSSR count). The molecule has 0 amide bonds. The van der Waals surface area contributed by atoms with E-state index in [2.05, 4.69) is 33.9 Å². The van der Waals surface area contributed by atoms with Gasteiger partial charge in [0.2, 0.25) is 0 Å². The highest BCUT2D eigenvalue weighted by atomic mass is 35.5. The molecular weight excluding hydrogens is 246 g/mol. The standard InChI is InChI=1S/C14H16ClN3/c1-3-18(12-7-5-4-6-8-12)10-14-16-11(2)9-13(15)17-14/h4-9H,3,10H2,1-2H3. The van der Waals surface area contributed by atoms with E-state index < -0.39 is 0 Å². The maximum absolute atomic E-state index is 5.95. The highest BCUT2D eigenvalue weighted by molar-refractivity contribution is 6.29. The number of halogens is 1. The van der Waals surface area contributed by atoms with Gasteiger partial charge in [0.1, 0.15) is 11.0 Å². The van der Waals surface area contributed by atoms with E-state index in [0.717, 1.165) is 18.1 Å². The molecule has 94 valence electrons. The predicted octanol–water partition coefficient (Wildman–Crippen LogP) is 3.46. The van der Waals surface area contributed by atoms with Gasteiger partial charge in [-0.05, 0) is 32.0 Å². The lowest BCUT2D eigenvalue weighted by atomic mass is 10.3. The number of aryl methyl sites for hydroxylation is 1. The third-order valence-electron chi connectivity index (χ3n) is 2.70. The minimum atomic E-state index is 0.501. The molecule has 1 aromatic heterocycles. The molecule has 1 aromatic carbocycles. The van der Waals surface area contributed by atoms with Gasteiger partial charge < -0.3 is 4.90 Å². The van der Waals surface area contributed by atoms with Crippen LogP contribution >= 0.6 is 11.6 Å². The van der Waals surface area contributed by atoms with Crippen molar-refractivity contribution in [3.63, 3.8) is 0 Å². The van der Waals surface area contributed by atoms with Crippen LogP contribution in [0.3, 0.4) is 0 Å². The van der Waals surface area contributed by atoms with Gasteiger partial charge in [-0.2, -0.15) is 0 Å². The SMILES string of the molecule is CCN(Cc1nc(C)cc(Cl)n1)c1ccccc1. The lowest BCUT2D eigenvalue weighted by molar-refractivity contribution is 0.775. The van der Waals surface area contributed by atoms with Crippen LogP contribution in [0, 0.1) is 6.92 Å². The quantitative estimate of drug-likeness (QED) is 0.790. The molecule has 2 aromatic rings. The molecule has 0 aliphatic heterocycles. The second-order valence-electron chi connectivity index (χ2n) is 4.10. The summed E-state index contributed by atoms with van der Waals surface area (Å²) in [6.07, 6.45) is 0. The summed E-state index contributed by atoms with van der Waals surface area (Å²) in [6.45, 7) is 5.61. The highest BCUT2D eigenvalue weighted by Gasteiger charge is 2.08. The van der Waals surface area contributed by atoms with Gasteiger partial charge in [-0.1, -0.05) is 29.8 Å². The van der Waals surface area contributed by atoms with Crippen LogP contribution in [0.2, 0.25) is 5.15 Å². The monoisotopic (exact) mass is 261 g/mol. The Kier molecular flexibility index (Phi) is 4.15. The number of para-hydroxylation sites is 1. The predicted molar refractivity (Wildman–Crippen MR) is 74.9 cm³/mol. The summed E-state index contributed by atoms with van der Waals surface area (Å²) < 4.78 is 0. The minimum absolute atomic E-state index is 0.501. The van der Waals surface area contributed by atoms with E-state index in [9.17, 15) is 0 Å². The molecule has 0 radical (unpaired) electrons. The van der Waals surface area contributed by atoms with E-state index in [1.54, 1.807) is 6.07 Å². The molecule has 0 aliphatic rings. The van der Waals surface area contributed by atoms with Crippen LogP contribution < -0.4 is 4.90 Å². The molecule has 0 bridgehead atoms. The number of aromatic nitrogens is 2. The lowest BCUT2D eigenvalue weighted by Gasteiger charge is -2.22. The van der Waals surface area contributed by atoms with E-state index in [0.29, 0.717) is 11.7 Å². The average molecular weight is 262 g/mol. The smallest absolute Gasteiger partial charge is 0.149 e. The summed E-state index contributed by atoms with van der Waals surface area (Å²) in [7, 11) is 0. The number of hydrogen-bond donors (Lipinski definition) is 0. The Morgan fingerprint density at radius 2 is 1.89 bits per heavy atom. The van der Waals surface area contributed by atoms with E-state index in [-0.39, 0.29) is 0 Å². The zero-order chi connectivity index (χ0) is 13.0. The fraction of sp³-hybridized carbons (Fsp3) is 0.286. The molecule has 0 spiro atoms. The van der Waals surface area contributed by atoms with Crippen LogP contribution in [0.4, 0.5) is 5.69 Å². The van der Waals surface area contributed by atoms with E-state index >= 15 is 0 Å². The fourth-order valence-corrected chi connectivity index (χ4v) is 2.11. The molecule has 1 heterocycles. The first-order valence-electron chi connectivity index (χ1n) is 5.99. The highest BCUT2D eigenvalue weighted by Crippen LogP contribution is 2.16. The van der Waals surface area contributed by atoms with Crippen LogP contribution in [-0.2, 0) is 6.54 Å². The van der Waals surface area contributed by atoms with Gasteiger partial charge in [-0.15, -0.1) is 0 Å². The number of hydrogen-bond acceptors (Lipinski definition) is 3. The van der Waals surface area contributed by atoms with Gasteiger partial charge in [0.15, 0.2) is 0 Å².